The van der Waals surface area contributed by atoms with Crippen molar-refractivity contribution in [3.63, 3.8) is 0 Å². The van der Waals surface area contributed by atoms with Crippen LogP contribution in [-0.2, 0) is 20.7 Å². The molecule has 6 nitrogen and oxygen atoms in total. The quantitative estimate of drug-likeness (QED) is 0.534. The average molecular weight is 443 g/mol. The van der Waals surface area contributed by atoms with Crippen molar-refractivity contribution in [2.45, 2.75) is 19.4 Å². The van der Waals surface area contributed by atoms with E-state index in [1.54, 1.807) is 29.6 Å². The van der Waals surface area contributed by atoms with E-state index >= 15 is 0 Å². The molecule has 0 fully saturated rings. The van der Waals surface area contributed by atoms with Gasteiger partial charge in [0.1, 0.15) is 5.01 Å². The number of carbonyl (C=O) groups is 3. The van der Waals surface area contributed by atoms with Gasteiger partial charge in [-0.25, -0.2) is 9.78 Å². The maximum Gasteiger partial charge on any atom is 0.358 e. The zero-order chi connectivity index (χ0) is 21.5. The van der Waals surface area contributed by atoms with Crippen LogP contribution in [0.5, 0.6) is 0 Å². The molecule has 0 aliphatic rings. The molecule has 1 amide bonds. The molecular formula is C22H19ClN2O4S. The van der Waals surface area contributed by atoms with Crippen molar-refractivity contribution in [3.8, 4) is 10.6 Å². The molecule has 8 heteroatoms. The van der Waals surface area contributed by atoms with Gasteiger partial charge < -0.3 is 10.1 Å². The Kier molecular flexibility index (Phi) is 7.32. The first-order chi connectivity index (χ1) is 14.4. The number of rotatable bonds is 8. The second-order valence-corrected chi connectivity index (χ2v) is 7.84. The molecular weight excluding hydrogens is 424 g/mol. The highest BCUT2D eigenvalue weighted by Crippen LogP contribution is 2.25. The molecule has 0 saturated heterocycles. The Hall–Kier alpha value is -3.03. The molecule has 0 aliphatic carbocycles. The third-order valence-electron chi connectivity index (χ3n) is 4.25. The summed E-state index contributed by atoms with van der Waals surface area (Å²) in [6.45, 7) is 0.915. The van der Waals surface area contributed by atoms with Crippen LogP contribution in [0.2, 0.25) is 5.02 Å². The number of hydrogen-bond donors (Lipinski definition) is 1. The van der Waals surface area contributed by atoms with E-state index in [-0.39, 0.29) is 11.5 Å². The number of hydrogen-bond acceptors (Lipinski definition) is 6. The fourth-order valence-electron chi connectivity index (χ4n) is 2.68. The number of esters is 1. The smallest absolute Gasteiger partial charge is 0.358 e. The minimum atomic E-state index is -0.705. The molecule has 1 unspecified atom stereocenters. The second-order valence-electron chi connectivity index (χ2n) is 6.54. The highest BCUT2D eigenvalue weighted by atomic mass is 35.5. The van der Waals surface area contributed by atoms with Crippen LogP contribution >= 0.6 is 22.9 Å². The molecule has 2 aromatic carbocycles. The number of benzene rings is 2. The SMILES string of the molecule is CC(=O)C(Cc1ccccc1)NC(=O)COC(=O)c1csc(-c2ccc(Cl)cc2)n1. The molecule has 30 heavy (non-hydrogen) atoms. The molecule has 0 radical (unpaired) electrons. The number of nitrogens with zero attached hydrogens (tertiary/aromatic N) is 1. The minimum absolute atomic E-state index is 0.116. The zero-order valence-corrected chi connectivity index (χ0v) is 17.7. The zero-order valence-electron chi connectivity index (χ0n) is 16.1. The van der Waals surface area contributed by atoms with Crippen molar-refractivity contribution < 1.29 is 19.1 Å². The highest BCUT2D eigenvalue weighted by Gasteiger charge is 2.20. The van der Waals surface area contributed by atoms with Crippen molar-refractivity contribution in [2.24, 2.45) is 0 Å². The van der Waals surface area contributed by atoms with Gasteiger partial charge in [0.25, 0.3) is 5.91 Å². The Labute approximate surface area is 182 Å². The average Bonchev–Trinajstić information content (AvgIpc) is 3.23. The Morgan fingerprint density at radius 2 is 1.80 bits per heavy atom. The lowest BCUT2D eigenvalue weighted by Gasteiger charge is -2.16. The van der Waals surface area contributed by atoms with Gasteiger partial charge in [0, 0.05) is 16.0 Å². The number of ketones is 1. The van der Waals surface area contributed by atoms with Gasteiger partial charge in [0.05, 0.1) is 6.04 Å². The van der Waals surface area contributed by atoms with Gasteiger partial charge in [-0.2, -0.15) is 0 Å². The van der Waals surface area contributed by atoms with E-state index in [0.717, 1.165) is 11.1 Å². The Morgan fingerprint density at radius 3 is 2.47 bits per heavy atom. The molecule has 1 heterocycles. The van der Waals surface area contributed by atoms with Gasteiger partial charge in [0.15, 0.2) is 18.1 Å². The molecule has 0 aliphatic heterocycles. The minimum Gasteiger partial charge on any atom is -0.451 e. The van der Waals surface area contributed by atoms with Gasteiger partial charge in [0.2, 0.25) is 0 Å². The largest absolute Gasteiger partial charge is 0.451 e. The fourth-order valence-corrected chi connectivity index (χ4v) is 3.60. The second kappa shape index (κ2) is 10.1. The number of halogens is 1. The Bertz CT molecular complexity index is 1030. The van der Waals surface area contributed by atoms with E-state index in [4.69, 9.17) is 16.3 Å². The summed E-state index contributed by atoms with van der Waals surface area (Å²) >= 11 is 7.16. The number of aromatic nitrogens is 1. The summed E-state index contributed by atoms with van der Waals surface area (Å²) in [4.78, 5) is 40.5. The van der Waals surface area contributed by atoms with Gasteiger partial charge in [-0.05, 0) is 31.0 Å². The maximum atomic E-state index is 12.2. The maximum absolute atomic E-state index is 12.2. The van der Waals surface area contributed by atoms with Crippen LogP contribution in [0.15, 0.2) is 60.0 Å². The molecule has 0 bridgehead atoms. The molecule has 0 saturated carbocycles. The van der Waals surface area contributed by atoms with Crippen LogP contribution < -0.4 is 5.32 Å². The van der Waals surface area contributed by atoms with Gasteiger partial charge in [-0.1, -0.05) is 54.1 Å². The lowest BCUT2D eigenvalue weighted by Crippen LogP contribution is -2.43. The van der Waals surface area contributed by atoms with Crippen LogP contribution in [0.4, 0.5) is 0 Å². The van der Waals surface area contributed by atoms with Gasteiger partial charge in [-0.3, -0.25) is 9.59 Å². The van der Waals surface area contributed by atoms with Crippen molar-refractivity contribution in [1.82, 2.24) is 10.3 Å². The molecule has 1 atom stereocenters. The Balaban J connectivity index is 1.54. The van der Waals surface area contributed by atoms with Crippen molar-refractivity contribution >= 4 is 40.6 Å². The standard InChI is InChI=1S/C22H19ClN2O4S/c1-14(26)18(11-15-5-3-2-4-6-15)24-20(27)12-29-22(28)19-13-30-21(25-19)16-7-9-17(23)10-8-16/h2-10,13,18H,11-12H2,1H3,(H,24,27). The normalized spacial score (nSPS) is 11.5. The summed E-state index contributed by atoms with van der Waals surface area (Å²) in [5.41, 5.74) is 1.86. The van der Waals surface area contributed by atoms with Crippen LogP contribution in [0.3, 0.4) is 0 Å². The molecule has 154 valence electrons. The summed E-state index contributed by atoms with van der Waals surface area (Å²) in [6, 6.07) is 15.8. The van der Waals surface area contributed by atoms with E-state index < -0.39 is 24.5 Å². The van der Waals surface area contributed by atoms with Crippen LogP contribution in [-0.4, -0.2) is 35.3 Å². The third-order valence-corrected chi connectivity index (χ3v) is 5.39. The fraction of sp³-hybridized carbons (Fsp3) is 0.182. The molecule has 3 aromatic rings. The molecule has 3 rings (SSSR count). The third kappa shape index (κ3) is 5.98. The first kappa shape index (κ1) is 21.7. The summed E-state index contributed by atoms with van der Waals surface area (Å²) < 4.78 is 5.05. The Morgan fingerprint density at radius 1 is 1.10 bits per heavy atom. The number of nitrogens with one attached hydrogen (secondary N) is 1. The first-order valence-electron chi connectivity index (χ1n) is 9.14. The van der Waals surface area contributed by atoms with E-state index in [1.807, 2.05) is 30.3 Å². The summed E-state index contributed by atoms with van der Waals surface area (Å²) in [5.74, 6) is -1.43. The topological polar surface area (TPSA) is 85.4 Å². The molecule has 1 N–H and O–H groups in total. The predicted octanol–water partition coefficient (Wildman–Crippen LogP) is 3.94. The van der Waals surface area contributed by atoms with Crippen molar-refractivity contribution in [1.29, 1.82) is 0 Å². The number of carbonyl (C=O) groups excluding carboxylic acids is 3. The number of Topliss-reactive ketones (excluding diaryl/α,β-unsaturated/α-hetero) is 1. The summed E-state index contributed by atoms with van der Waals surface area (Å²) in [7, 11) is 0. The van der Waals surface area contributed by atoms with E-state index in [1.165, 1.54) is 18.3 Å². The summed E-state index contributed by atoms with van der Waals surface area (Å²) in [5, 5.41) is 5.43. The number of thiazole rings is 1. The highest BCUT2D eigenvalue weighted by molar-refractivity contribution is 7.13. The van der Waals surface area contributed by atoms with Gasteiger partial charge >= 0.3 is 5.97 Å². The summed E-state index contributed by atoms with van der Waals surface area (Å²) in [6.07, 6.45) is 0.367. The molecule has 0 spiro atoms. The van der Waals surface area contributed by atoms with Crippen LogP contribution in [0.25, 0.3) is 10.6 Å². The van der Waals surface area contributed by atoms with E-state index in [0.29, 0.717) is 16.5 Å². The lowest BCUT2D eigenvalue weighted by molar-refractivity contribution is -0.128. The lowest BCUT2D eigenvalue weighted by atomic mass is 10.0. The van der Waals surface area contributed by atoms with Crippen molar-refractivity contribution in [2.75, 3.05) is 6.61 Å². The first-order valence-corrected chi connectivity index (χ1v) is 10.4. The van der Waals surface area contributed by atoms with Crippen LogP contribution in [0.1, 0.15) is 23.0 Å². The molecule has 1 aromatic heterocycles. The number of amides is 1. The van der Waals surface area contributed by atoms with Crippen molar-refractivity contribution in [3.05, 3.63) is 76.3 Å². The number of ether oxygens (including phenoxy) is 1. The predicted molar refractivity (Wildman–Crippen MR) is 116 cm³/mol. The van der Waals surface area contributed by atoms with E-state index in [9.17, 15) is 14.4 Å². The monoisotopic (exact) mass is 442 g/mol. The van der Waals surface area contributed by atoms with Crippen LogP contribution in [0, 0.1) is 0 Å². The van der Waals surface area contributed by atoms with E-state index in [2.05, 4.69) is 10.3 Å². The van der Waals surface area contributed by atoms with Gasteiger partial charge in [-0.15, -0.1) is 11.3 Å².